The third-order valence-electron chi connectivity index (χ3n) is 11.1. The lowest BCUT2D eigenvalue weighted by atomic mass is 9.84. The second-order valence-electron chi connectivity index (χ2n) is 14.7. The van der Waals surface area contributed by atoms with E-state index in [-0.39, 0.29) is 36.3 Å². The van der Waals surface area contributed by atoms with Gasteiger partial charge in [-0.2, -0.15) is 0 Å². The van der Waals surface area contributed by atoms with Gasteiger partial charge in [0.25, 0.3) is 0 Å². The number of aliphatic hydroxyl groups excluding tert-OH is 1. The average molecular weight is 631 g/mol. The molecule has 6 heterocycles. The summed E-state index contributed by atoms with van der Waals surface area (Å²) in [5.74, 6) is 1.37. The lowest BCUT2D eigenvalue weighted by Gasteiger charge is -2.41. The van der Waals surface area contributed by atoms with Crippen LogP contribution in [0.15, 0.2) is 24.3 Å². The molecule has 2 fully saturated rings. The van der Waals surface area contributed by atoms with Gasteiger partial charge in [0.05, 0.1) is 6.61 Å². The number of hydrogen-bond acceptors (Lipinski definition) is 7. The molecule has 6 rings (SSSR count). The van der Waals surface area contributed by atoms with E-state index in [1.54, 1.807) is 0 Å². The van der Waals surface area contributed by atoms with Crippen LogP contribution in [0.2, 0.25) is 0 Å². The number of carbonyl (C=O) groups excluding carboxylic acids is 2. The van der Waals surface area contributed by atoms with Gasteiger partial charge < -0.3 is 19.8 Å². The zero-order chi connectivity index (χ0) is 32.4. The van der Waals surface area contributed by atoms with Crippen LogP contribution in [0.3, 0.4) is 0 Å². The number of carbonyl (C=O) groups is 2. The number of rotatable bonds is 8. The van der Waals surface area contributed by atoms with E-state index in [0.717, 1.165) is 100 Å². The van der Waals surface area contributed by atoms with E-state index in [1.807, 2.05) is 0 Å². The molecule has 4 aliphatic rings. The minimum atomic E-state index is 0.00108. The van der Waals surface area contributed by atoms with Crippen LogP contribution in [0, 0.1) is 11.8 Å². The van der Waals surface area contributed by atoms with Crippen LogP contribution in [-0.2, 0) is 35.5 Å². The van der Waals surface area contributed by atoms with Crippen molar-refractivity contribution in [2.24, 2.45) is 11.8 Å². The van der Waals surface area contributed by atoms with Gasteiger partial charge in [0.1, 0.15) is 0 Å². The summed E-state index contributed by atoms with van der Waals surface area (Å²) >= 11 is 0. The van der Waals surface area contributed by atoms with Gasteiger partial charge in [-0.25, -0.2) is 0 Å². The smallest absolute Gasteiger partial charge is 0.226 e. The second-order valence-corrected chi connectivity index (χ2v) is 14.7. The monoisotopic (exact) mass is 630 g/mol. The number of likely N-dealkylation sites (tertiary alicyclic amines) is 2. The van der Waals surface area contributed by atoms with Crippen LogP contribution in [0.4, 0.5) is 0 Å². The molecule has 0 aliphatic carbocycles. The Morgan fingerprint density at radius 3 is 1.98 bits per heavy atom. The summed E-state index contributed by atoms with van der Waals surface area (Å²) in [5.41, 5.74) is 6.84. The van der Waals surface area contributed by atoms with Crippen molar-refractivity contribution in [2.45, 2.75) is 96.7 Å². The van der Waals surface area contributed by atoms with Gasteiger partial charge in [-0.15, -0.1) is 0 Å². The SMILES string of the molecule is CC(C)c1ccc2c(n1)CCN(C(=O)C1CCN(CCO)C(CC(C)c3ccc4c(n3)CCN(C(=O)C3CCN(C)CC3)C4)C1)C2. The Kier molecular flexibility index (Phi) is 10.4. The first-order valence-corrected chi connectivity index (χ1v) is 17.8. The van der Waals surface area contributed by atoms with Gasteiger partial charge in [0.2, 0.25) is 11.8 Å². The van der Waals surface area contributed by atoms with Crippen molar-refractivity contribution in [1.29, 1.82) is 0 Å². The quantitative estimate of drug-likeness (QED) is 0.472. The highest BCUT2D eigenvalue weighted by atomic mass is 16.3. The number of β-amino-alcohol motifs (C(OH)–C–C–N with tert-alkyl or cyclic N) is 1. The number of aromatic nitrogens is 2. The van der Waals surface area contributed by atoms with Crippen LogP contribution < -0.4 is 0 Å². The van der Waals surface area contributed by atoms with E-state index in [1.165, 1.54) is 11.1 Å². The number of amides is 2. The molecule has 46 heavy (non-hydrogen) atoms. The first-order chi connectivity index (χ1) is 22.2. The Morgan fingerprint density at radius 1 is 0.804 bits per heavy atom. The lowest BCUT2D eigenvalue weighted by molar-refractivity contribution is -0.139. The molecule has 0 spiro atoms. The van der Waals surface area contributed by atoms with Gasteiger partial charge in [-0.1, -0.05) is 32.9 Å². The van der Waals surface area contributed by atoms with Crippen molar-refractivity contribution in [3.8, 4) is 0 Å². The van der Waals surface area contributed by atoms with E-state index < -0.39 is 0 Å². The van der Waals surface area contributed by atoms with E-state index in [4.69, 9.17) is 9.97 Å². The summed E-state index contributed by atoms with van der Waals surface area (Å²) in [5, 5.41) is 9.84. The topological polar surface area (TPSA) is 93.1 Å². The van der Waals surface area contributed by atoms with Crippen LogP contribution >= 0.6 is 0 Å². The third kappa shape index (κ3) is 7.32. The molecule has 250 valence electrons. The molecule has 4 aliphatic heterocycles. The predicted molar refractivity (Wildman–Crippen MR) is 179 cm³/mol. The van der Waals surface area contributed by atoms with Gasteiger partial charge in [0, 0.05) is 86.2 Å². The summed E-state index contributed by atoms with van der Waals surface area (Å²) in [4.78, 5) is 45.9. The summed E-state index contributed by atoms with van der Waals surface area (Å²) in [6.07, 6.45) is 6.09. The number of pyridine rings is 2. The summed E-state index contributed by atoms with van der Waals surface area (Å²) in [7, 11) is 2.13. The molecule has 2 aromatic heterocycles. The fourth-order valence-electron chi connectivity index (χ4n) is 8.13. The van der Waals surface area contributed by atoms with E-state index in [9.17, 15) is 14.7 Å². The van der Waals surface area contributed by atoms with E-state index in [0.29, 0.717) is 31.5 Å². The maximum Gasteiger partial charge on any atom is 0.226 e. The maximum absolute atomic E-state index is 13.8. The Balaban J connectivity index is 1.07. The normalized spacial score (nSPS) is 23.7. The molecule has 2 saturated heterocycles. The predicted octanol–water partition coefficient (Wildman–Crippen LogP) is 3.98. The number of nitrogens with zero attached hydrogens (tertiary/aromatic N) is 6. The van der Waals surface area contributed by atoms with Crippen molar-refractivity contribution in [2.75, 3.05) is 52.9 Å². The Hall–Kier alpha value is -2.88. The molecule has 3 atom stereocenters. The zero-order valence-corrected chi connectivity index (χ0v) is 28.5. The molecule has 2 amide bonds. The average Bonchev–Trinajstić information content (AvgIpc) is 3.07. The molecule has 1 N–H and O–H groups in total. The highest BCUT2D eigenvalue weighted by Crippen LogP contribution is 2.33. The fraction of sp³-hybridized carbons (Fsp3) is 0.676. The van der Waals surface area contributed by atoms with Gasteiger partial charge >= 0.3 is 0 Å². The molecule has 2 aromatic rings. The van der Waals surface area contributed by atoms with E-state index >= 15 is 0 Å². The first kappa shape index (κ1) is 33.0. The Bertz CT molecular complexity index is 1390. The minimum absolute atomic E-state index is 0.00108. The molecule has 9 nitrogen and oxygen atoms in total. The van der Waals surface area contributed by atoms with Gasteiger partial charge in [-0.05, 0) is 93.9 Å². The first-order valence-electron chi connectivity index (χ1n) is 17.8. The maximum atomic E-state index is 13.8. The molecule has 9 heteroatoms. The van der Waals surface area contributed by atoms with Crippen molar-refractivity contribution >= 4 is 11.8 Å². The van der Waals surface area contributed by atoms with Gasteiger partial charge in [-0.3, -0.25) is 24.5 Å². The molecule has 0 radical (unpaired) electrons. The standard InChI is InChI=1S/C37H54N6O3/c1-25(2)32-7-5-29-24-43(18-12-34(29)38-32)37(46)28-11-16-41(19-20-44)31(22-28)21-26(3)33-8-6-30-23-42(17-13-35(30)39-33)36(45)27-9-14-40(4)15-10-27/h5-8,25-28,31,44H,9-24H2,1-4H3. The van der Waals surface area contributed by atoms with Gasteiger partial charge in [0.15, 0.2) is 0 Å². The van der Waals surface area contributed by atoms with Crippen LogP contribution in [-0.4, -0.2) is 105 Å². The summed E-state index contributed by atoms with van der Waals surface area (Å²) < 4.78 is 0. The molecule has 0 saturated carbocycles. The molecular weight excluding hydrogens is 576 g/mol. The number of fused-ring (bicyclic) bond motifs is 2. The highest BCUT2D eigenvalue weighted by Gasteiger charge is 2.36. The molecular formula is C37H54N6O3. The zero-order valence-electron chi connectivity index (χ0n) is 28.5. The molecule has 0 aromatic carbocycles. The number of hydrogen-bond donors (Lipinski definition) is 1. The van der Waals surface area contributed by atoms with Crippen molar-refractivity contribution in [1.82, 2.24) is 29.6 Å². The van der Waals surface area contributed by atoms with Crippen molar-refractivity contribution in [3.63, 3.8) is 0 Å². The van der Waals surface area contributed by atoms with Crippen LogP contribution in [0.1, 0.15) is 98.6 Å². The van der Waals surface area contributed by atoms with Crippen LogP contribution in [0.5, 0.6) is 0 Å². The molecule has 3 unspecified atom stereocenters. The fourth-order valence-corrected chi connectivity index (χ4v) is 8.13. The number of aliphatic hydroxyl groups is 1. The van der Waals surface area contributed by atoms with Crippen molar-refractivity contribution in [3.05, 3.63) is 58.2 Å². The number of piperidine rings is 2. The second kappa shape index (κ2) is 14.5. The Labute approximate surface area is 275 Å². The lowest BCUT2D eigenvalue weighted by Crippen LogP contribution is -2.49. The summed E-state index contributed by atoms with van der Waals surface area (Å²) in [6.45, 7) is 13.0. The van der Waals surface area contributed by atoms with E-state index in [2.05, 4.69) is 71.7 Å². The highest BCUT2D eigenvalue weighted by molar-refractivity contribution is 5.80. The largest absolute Gasteiger partial charge is 0.395 e. The third-order valence-corrected chi connectivity index (χ3v) is 11.1. The van der Waals surface area contributed by atoms with Crippen molar-refractivity contribution < 1.29 is 14.7 Å². The Morgan fingerprint density at radius 2 is 1.37 bits per heavy atom. The molecule has 0 bridgehead atoms. The summed E-state index contributed by atoms with van der Waals surface area (Å²) in [6, 6.07) is 8.84. The van der Waals surface area contributed by atoms with Crippen LogP contribution in [0.25, 0.3) is 0 Å². The minimum Gasteiger partial charge on any atom is -0.395 e.